The van der Waals surface area contributed by atoms with E-state index in [0.717, 1.165) is 18.6 Å². The lowest BCUT2D eigenvalue weighted by atomic mass is 10.1. The van der Waals surface area contributed by atoms with E-state index in [1.807, 2.05) is 12.1 Å². The number of hydrogen-bond donors (Lipinski definition) is 0. The van der Waals surface area contributed by atoms with Gasteiger partial charge in [0.1, 0.15) is 17.1 Å². The van der Waals surface area contributed by atoms with Crippen LogP contribution in [-0.4, -0.2) is 7.11 Å². The molecule has 2 aromatic rings. The first-order valence-electron chi connectivity index (χ1n) is 9.35. The molecule has 0 fully saturated rings. The minimum atomic E-state index is 0.0149. The summed E-state index contributed by atoms with van der Waals surface area (Å²) in [4.78, 5) is 12.2. The first kappa shape index (κ1) is 18.6. The van der Waals surface area contributed by atoms with Gasteiger partial charge in [-0.05, 0) is 24.6 Å². The summed E-state index contributed by atoms with van der Waals surface area (Å²) in [5.74, 6) is 1.47. The third-order valence-electron chi connectivity index (χ3n) is 4.51. The smallest absolute Gasteiger partial charge is 0.193 e. The number of fused-ring (bicyclic) bond motifs is 1. The van der Waals surface area contributed by atoms with Crippen LogP contribution in [0.1, 0.15) is 70.5 Å². The SMILES string of the molecule is CCCCCCCCCCCc1cc(=O)c2cc(OC)ccc2o1. The number of aryl methyl sites for hydroxylation is 1. The van der Waals surface area contributed by atoms with Crippen LogP contribution in [-0.2, 0) is 6.42 Å². The van der Waals surface area contributed by atoms with Crippen molar-refractivity contribution in [3.05, 3.63) is 40.2 Å². The van der Waals surface area contributed by atoms with Crippen LogP contribution in [0.2, 0.25) is 0 Å². The summed E-state index contributed by atoms with van der Waals surface area (Å²) >= 11 is 0. The average Bonchev–Trinajstić information content (AvgIpc) is 2.60. The first-order valence-corrected chi connectivity index (χ1v) is 9.35. The lowest BCUT2D eigenvalue weighted by Gasteiger charge is -2.05. The summed E-state index contributed by atoms with van der Waals surface area (Å²) in [6.07, 6.45) is 12.5. The fraction of sp³-hybridized carbons (Fsp3) is 0.571. The third kappa shape index (κ3) is 5.70. The van der Waals surface area contributed by atoms with Crippen molar-refractivity contribution < 1.29 is 9.15 Å². The lowest BCUT2D eigenvalue weighted by molar-refractivity contribution is 0.415. The van der Waals surface area contributed by atoms with Gasteiger partial charge in [0, 0.05) is 12.5 Å². The van der Waals surface area contributed by atoms with Crippen molar-refractivity contribution in [3.63, 3.8) is 0 Å². The lowest BCUT2D eigenvalue weighted by Crippen LogP contribution is -2.02. The van der Waals surface area contributed by atoms with E-state index >= 15 is 0 Å². The van der Waals surface area contributed by atoms with Crippen molar-refractivity contribution >= 4 is 11.0 Å². The molecule has 0 saturated heterocycles. The maximum absolute atomic E-state index is 12.2. The second kappa shape index (κ2) is 10.2. The molecular weight excluding hydrogens is 300 g/mol. The van der Waals surface area contributed by atoms with Crippen LogP contribution in [0.3, 0.4) is 0 Å². The molecule has 24 heavy (non-hydrogen) atoms. The maximum Gasteiger partial charge on any atom is 0.193 e. The monoisotopic (exact) mass is 330 g/mol. The number of unbranched alkanes of at least 4 members (excludes halogenated alkanes) is 8. The van der Waals surface area contributed by atoms with Crippen LogP contribution in [0.5, 0.6) is 5.75 Å². The molecule has 132 valence electrons. The Balaban J connectivity index is 1.76. The molecule has 0 spiro atoms. The summed E-state index contributed by atoms with van der Waals surface area (Å²) in [6.45, 7) is 2.25. The molecule has 0 atom stereocenters. The Kier molecular flexibility index (Phi) is 7.87. The summed E-state index contributed by atoms with van der Waals surface area (Å²) in [5.41, 5.74) is 0.662. The van der Waals surface area contributed by atoms with E-state index in [-0.39, 0.29) is 5.43 Å². The molecule has 0 saturated carbocycles. The Morgan fingerprint density at radius 3 is 2.25 bits per heavy atom. The van der Waals surface area contributed by atoms with E-state index in [1.54, 1.807) is 19.2 Å². The summed E-state index contributed by atoms with van der Waals surface area (Å²) in [5, 5.41) is 0.588. The summed E-state index contributed by atoms with van der Waals surface area (Å²) < 4.78 is 11.0. The molecule has 0 N–H and O–H groups in total. The Hall–Kier alpha value is -1.77. The predicted molar refractivity (Wildman–Crippen MR) is 100.0 cm³/mol. The molecular formula is C21H30O3. The van der Waals surface area contributed by atoms with Crippen molar-refractivity contribution in [2.24, 2.45) is 0 Å². The Bertz CT molecular complexity index is 672. The highest BCUT2D eigenvalue weighted by Gasteiger charge is 2.06. The van der Waals surface area contributed by atoms with Crippen molar-refractivity contribution in [1.29, 1.82) is 0 Å². The van der Waals surface area contributed by atoms with E-state index in [1.165, 1.54) is 51.4 Å². The van der Waals surface area contributed by atoms with Gasteiger partial charge in [-0.2, -0.15) is 0 Å². The van der Waals surface area contributed by atoms with Crippen LogP contribution in [0.15, 0.2) is 33.5 Å². The van der Waals surface area contributed by atoms with Crippen molar-refractivity contribution in [2.75, 3.05) is 7.11 Å². The molecule has 0 amide bonds. The number of methoxy groups -OCH3 is 1. The van der Waals surface area contributed by atoms with Crippen LogP contribution >= 0.6 is 0 Å². The van der Waals surface area contributed by atoms with Gasteiger partial charge in [-0.25, -0.2) is 0 Å². The van der Waals surface area contributed by atoms with Gasteiger partial charge in [0.15, 0.2) is 5.43 Å². The molecule has 1 aromatic carbocycles. The zero-order valence-electron chi connectivity index (χ0n) is 15.1. The molecule has 0 bridgehead atoms. The van der Waals surface area contributed by atoms with Gasteiger partial charge >= 0.3 is 0 Å². The van der Waals surface area contributed by atoms with Crippen molar-refractivity contribution in [2.45, 2.75) is 71.1 Å². The largest absolute Gasteiger partial charge is 0.497 e. The molecule has 1 aromatic heterocycles. The minimum Gasteiger partial charge on any atom is -0.497 e. The molecule has 0 aliphatic heterocycles. The number of rotatable bonds is 11. The molecule has 2 rings (SSSR count). The molecule has 0 aliphatic carbocycles. The quantitative estimate of drug-likeness (QED) is 0.483. The average molecular weight is 330 g/mol. The second-order valence-electron chi connectivity index (χ2n) is 6.52. The molecule has 0 radical (unpaired) electrons. The zero-order valence-corrected chi connectivity index (χ0v) is 15.1. The molecule has 1 heterocycles. The fourth-order valence-electron chi connectivity index (χ4n) is 3.05. The number of hydrogen-bond acceptors (Lipinski definition) is 3. The van der Waals surface area contributed by atoms with E-state index in [4.69, 9.17) is 9.15 Å². The number of ether oxygens (including phenoxy) is 1. The number of benzene rings is 1. The van der Waals surface area contributed by atoms with Crippen LogP contribution in [0.4, 0.5) is 0 Å². The molecule has 3 heteroatoms. The normalized spacial score (nSPS) is 11.1. The second-order valence-corrected chi connectivity index (χ2v) is 6.52. The highest BCUT2D eigenvalue weighted by Crippen LogP contribution is 2.20. The summed E-state index contributed by atoms with van der Waals surface area (Å²) in [6, 6.07) is 7.01. The zero-order chi connectivity index (χ0) is 17.2. The molecule has 0 aliphatic rings. The van der Waals surface area contributed by atoms with Crippen LogP contribution in [0.25, 0.3) is 11.0 Å². The minimum absolute atomic E-state index is 0.0149. The van der Waals surface area contributed by atoms with Gasteiger partial charge < -0.3 is 9.15 Å². The Labute approximate surface area is 145 Å². The highest BCUT2D eigenvalue weighted by molar-refractivity contribution is 5.78. The van der Waals surface area contributed by atoms with Gasteiger partial charge in [-0.3, -0.25) is 4.79 Å². The van der Waals surface area contributed by atoms with Crippen molar-refractivity contribution in [3.8, 4) is 5.75 Å². The van der Waals surface area contributed by atoms with E-state index in [2.05, 4.69) is 6.92 Å². The van der Waals surface area contributed by atoms with E-state index < -0.39 is 0 Å². The standard InChI is InChI=1S/C21H30O3/c1-3-4-5-6-7-8-9-10-11-12-18-16-20(22)19-15-17(23-2)13-14-21(19)24-18/h13-16H,3-12H2,1-2H3. The fourth-order valence-corrected chi connectivity index (χ4v) is 3.05. The Morgan fingerprint density at radius 2 is 1.58 bits per heavy atom. The molecule has 3 nitrogen and oxygen atoms in total. The highest BCUT2D eigenvalue weighted by atomic mass is 16.5. The van der Waals surface area contributed by atoms with E-state index in [9.17, 15) is 4.79 Å². The van der Waals surface area contributed by atoms with Gasteiger partial charge in [0.2, 0.25) is 0 Å². The van der Waals surface area contributed by atoms with Gasteiger partial charge in [0.25, 0.3) is 0 Å². The topological polar surface area (TPSA) is 39.4 Å². The van der Waals surface area contributed by atoms with Crippen LogP contribution < -0.4 is 10.2 Å². The van der Waals surface area contributed by atoms with Crippen molar-refractivity contribution in [1.82, 2.24) is 0 Å². The van der Waals surface area contributed by atoms with Crippen LogP contribution in [0, 0.1) is 0 Å². The Morgan fingerprint density at radius 1 is 0.917 bits per heavy atom. The summed E-state index contributed by atoms with van der Waals surface area (Å²) in [7, 11) is 1.60. The first-order chi connectivity index (χ1) is 11.7. The molecule has 0 unspecified atom stereocenters. The predicted octanol–water partition coefficient (Wildman–Crippen LogP) is 5.87. The van der Waals surface area contributed by atoms with E-state index in [0.29, 0.717) is 16.7 Å². The van der Waals surface area contributed by atoms with Gasteiger partial charge in [-0.15, -0.1) is 0 Å². The van der Waals surface area contributed by atoms with Gasteiger partial charge in [0.05, 0.1) is 12.5 Å². The third-order valence-corrected chi connectivity index (χ3v) is 4.51. The maximum atomic E-state index is 12.2. The van der Waals surface area contributed by atoms with Gasteiger partial charge in [-0.1, -0.05) is 58.3 Å².